The average molecular weight is 392 g/mol. The summed E-state index contributed by atoms with van der Waals surface area (Å²) in [6.07, 6.45) is 5.63. The highest BCUT2D eigenvalue weighted by Gasteiger charge is 2.35. The number of pyridine rings is 1. The zero-order valence-corrected chi connectivity index (χ0v) is 15.8. The largest absolute Gasteiger partial charge is 0.346 e. The first kappa shape index (κ1) is 17.8. The van der Waals surface area contributed by atoms with E-state index in [2.05, 4.69) is 21.4 Å². The molecule has 0 radical (unpaired) electrons. The molecule has 1 unspecified atom stereocenters. The zero-order valence-electron chi connectivity index (χ0n) is 15.8. The second-order valence-corrected chi connectivity index (χ2v) is 7.78. The molecule has 2 aliphatic heterocycles. The lowest BCUT2D eigenvalue weighted by Crippen LogP contribution is -2.42. The molecule has 2 aromatic heterocycles. The Kier molecular flexibility index (Phi) is 4.30. The van der Waals surface area contributed by atoms with Crippen molar-refractivity contribution in [2.75, 3.05) is 18.4 Å². The first-order valence-electron chi connectivity index (χ1n) is 9.90. The van der Waals surface area contributed by atoms with E-state index in [0.717, 1.165) is 23.9 Å². The molecule has 4 heterocycles. The molecule has 0 aliphatic carbocycles. The van der Waals surface area contributed by atoms with Gasteiger partial charge in [-0.3, -0.25) is 9.59 Å². The lowest BCUT2D eigenvalue weighted by atomic mass is 9.86. The number of likely N-dealkylation sites (tertiary alicyclic amines) is 1. The molecule has 29 heavy (non-hydrogen) atoms. The molecule has 148 valence electrons. The van der Waals surface area contributed by atoms with Gasteiger partial charge in [0.15, 0.2) is 0 Å². The van der Waals surface area contributed by atoms with Crippen molar-refractivity contribution in [3.05, 3.63) is 59.7 Å². The number of H-pyrrole nitrogens is 1. The first-order chi connectivity index (χ1) is 14.1. The van der Waals surface area contributed by atoms with E-state index in [0.29, 0.717) is 30.3 Å². The number of fused-ring (bicyclic) bond motifs is 2. The smallest absolute Gasteiger partial charge is 0.230 e. The Hall–Kier alpha value is -3.22. The van der Waals surface area contributed by atoms with Crippen molar-refractivity contribution in [1.82, 2.24) is 14.9 Å². The lowest BCUT2D eigenvalue weighted by Gasteiger charge is -2.35. The summed E-state index contributed by atoms with van der Waals surface area (Å²) >= 11 is 0. The van der Waals surface area contributed by atoms with Crippen LogP contribution in [0.2, 0.25) is 0 Å². The molecule has 3 aromatic rings. The van der Waals surface area contributed by atoms with Gasteiger partial charge in [-0.25, -0.2) is 9.37 Å². The average Bonchev–Trinajstić information content (AvgIpc) is 3.16. The van der Waals surface area contributed by atoms with Crippen LogP contribution in [0.3, 0.4) is 0 Å². The summed E-state index contributed by atoms with van der Waals surface area (Å²) in [5.41, 5.74) is 3.23. The molecule has 0 saturated carbocycles. The van der Waals surface area contributed by atoms with Crippen LogP contribution >= 0.6 is 0 Å². The van der Waals surface area contributed by atoms with Gasteiger partial charge in [-0.2, -0.15) is 0 Å². The number of nitrogens with zero attached hydrogens (tertiary/aromatic N) is 2. The number of carbonyl (C=O) groups is 2. The molecule has 0 spiro atoms. The monoisotopic (exact) mass is 392 g/mol. The number of hydrogen-bond donors (Lipinski definition) is 2. The topological polar surface area (TPSA) is 78.1 Å². The number of amides is 2. The van der Waals surface area contributed by atoms with Crippen molar-refractivity contribution < 1.29 is 14.0 Å². The fourth-order valence-corrected chi connectivity index (χ4v) is 4.60. The number of anilines is 1. The molecule has 5 rings (SSSR count). The highest BCUT2D eigenvalue weighted by molar-refractivity contribution is 6.01. The molecular weight excluding hydrogens is 371 g/mol. The highest BCUT2D eigenvalue weighted by atomic mass is 19.1. The normalized spacial score (nSPS) is 19.8. The maximum atomic E-state index is 13.5. The Morgan fingerprint density at radius 1 is 1.17 bits per heavy atom. The fourth-order valence-electron chi connectivity index (χ4n) is 4.60. The molecular formula is C22H21FN4O2. The summed E-state index contributed by atoms with van der Waals surface area (Å²) in [5.74, 6) is -0.901. The van der Waals surface area contributed by atoms with Crippen LogP contribution in [0, 0.1) is 5.82 Å². The second kappa shape index (κ2) is 6.99. The van der Waals surface area contributed by atoms with E-state index >= 15 is 0 Å². The Balaban J connectivity index is 1.32. The van der Waals surface area contributed by atoms with Crippen molar-refractivity contribution in [3.63, 3.8) is 0 Å². The quantitative estimate of drug-likeness (QED) is 0.700. The minimum atomic E-state index is -0.548. The van der Waals surface area contributed by atoms with E-state index < -0.39 is 11.7 Å². The van der Waals surface area contributed by atoms with Gasteiger partial charge in [0.25, 0.3) is 0 Å². The minimum absolute atomic E-state index is 0.0493. The van der Waals surface area contributed by atoms with Crippen LogP contribution < -0.4 is 5.32 Å². The van der Waals surface area contributed by atoms with Gasteiger partial charge in [-0.1, -0.05) is 6.07 Å². The molecule has 6 nitrogen and oxygen atoms in total. The molecule has 1 aromatic carbocycles. The number of piperidine rings is 1. The van der Waals surface area contributed by atoms with Gasteiger partial charge in [0.2, 0.25) is 11.8 Å². The maximum Gasteiger partial charge on any atom is 0.230 e. The van der Waals surface area contributed by atoms with Crippen LogP contribution in [-0.2, 0) is 9.59 Å². The number of rotatable bonds is 2. The van der Waals surface area contributed by atoms with Gasteiger partial charge >= 0.3 is 0 Å². The van der Waals surface area contributed by atoms with Gasteiger partial charge < -0.3 is 15.2 Å². The summed E-state index contributed by atoms with van der Waals surface area (Å²) in [4.78, 5) is 34.7. The number of hydrogen-bond acceptors (Lipinski definition) is 3. The lowest BCUT2D eigenvalue weighted by molar-refractivity contribution is -0.135. The Morgan fingerprint density at radius 2 is 2.00 bits per heavy atom. The van der Waals surface area contributed by atoms with E-state index in [4.69, 9.17) is 0 Å². The van der Waals surface area contributed by atoms with Crippen LogP contribution in [0.4, 0.5) is 10.1 Å². The Morgan fingerprint density at radius 3 is 2.83 bits per heavy atom. The molecule has 0 bridgehead atoms. The van der Waals surface area contributed by atoms with Crippen molar-refractivity contribution >= 4 is 28.5 Å². The summed E-state index contributed by atoms with van der Waals surface area (Å²) in [5, 5.41) is 3.81. The summed E-state index contributed by atoms with van der Waals surface area (Å²) in [7, 11) is 0. The number of benzene rings is 1. The fraction of sp³-hybridized carbons (Fsp3) is 0.318. The Bertz CT molecular complexity index is 1100. The van der Waals surface area contributed by atoms with Crippen molar-refractivity contribution in [3.8, 4) is 0 Å². The van der Waals surface area contributed by atoms with E-state index in [9.17, 15) is 14.0 Å². The third-order valence-corrected chi connectivity index (χ3v) is 6.08. The SMILES string of the molecule is O=C1CC(C(=O)N2CCC(c3c[nH]c4ncccc34)CC2)c2ccc(F)cc2N1. The minimum Gasteiger partial charge on any atom is -0.346 e. The number of carbonyl (C=O) groups excluding carboxylic acids is 2. The predicted octanol–water partition coefficient (Wildman–Crippen LogP) is 3.53. The number of halogens is 1. The Labute approximate surface area is 167 Å². The zero-order chi connectivity index (χ0) is 20.0. The number of aromatic amines is 1. The van der Waals surface area contributed by atoms with E-state index in [-0.39, 0.29) is 18.2 Å². The number of aromatic nitrogens is 2. The second-order valence-electron chi connectivity index (χ2n) is 7.78. The molecule has 1 fully saturated rings. The van der Waals surface area contributed by atoms with Crippen molar-refractivity contribution in [2.24, 2.45) is 0 Å². The van der Waals surface area contributed by atoms with Crippen LogP contribution in [0.1, 0.15) is 42.2 Å². The summed E-state index contributed by atoms with van der Waals surface area (Å²) in [6, 6.07) is 8.24. The number of nitrogens with one attached hydrogen (secondary N) is 2. The van der Waals surface area contributed by atoms with Gasteiger partial charge in [0.1, 0.15) is 11.5 Å². The third-order valence-electron chi connectivity index (χ3n) is 6.08. The molecule has 1 atom stereocenters. The standard InChI is InChI=1S/C22H21FN4O2/c23-14-3-4-15-17(11-20(28)26-19(15)10-14)22(29)27-8-5-13(6-9-27)18-12-25-21-16(18)2-1-7-24-21/h1-4,7,10,12-13,17H,5-6,8-9,11H2,(H,24,25)(H,26,28). The van der Waals surface area contributed by atoms with Gasteiger partial charge in [-0.05, 0) is 54.2 Å². The molecule has 2 N–H and O–H groups in total. The van der Waals surface area contributed by atoms with Crippen molar-refractivity contribution in [2.45, 2.75) is 31.1 Å². The van der Waals surface area contributed by atoms with E-state index in [1.807, 2.05) is 17.2 Å². The first-order valence-corrected chi connectivity index (χ1v) is 9.90. The van der Waals surface area contributed by atoms with Crippen molar-refractivity contribution in [1.29, 1.82) is 0 Å². The molecule has 7 heteroatoms. The van der Waals surface area contributed by atoms with Crippen LogP contribution in [-0.4, -0.2) is 39.8 Å². The summed E-state index contributed by atoms with van der Waals surface area (Å²) in [6.45, 7) is 1.29. The maximum absolute atomic E-state index is 13.5. The van der Waals surface area contributed by atoms with E-state index in [1.165, 1.54) is 17.7 Å². The van der Waals surface area contributed by atoms with Crippen LogP contribution in [0.25, 0.3) is 11.0 Å². The third kappa shape index (κ3) is 3.16. The molecule has 2 aliphatic rings. The molecule has 2 amide bonds. The highest BCUT2D eigenvalue weighted by Crippen LogP contribution is 2.37. The predicted molar refractivity (Wildman–Crippen MR) is 107 cm³/mol. The van der Waals surface area contributed by atoms with Crippen LogP contribution in [0.5, 0.6) is 0 Å². The van der Waals surface area contributed by atoms with E-state index in [1.54, 1.807) is 12.3 Å². The van der Waals surface area contributed by atoms with Crippen LogP contribution in [0.15, 0.2) is 42.7 Å². The van der Waals surface area contributed by atoms with Gasteiger partial charge in [0.05, 0.1) is 5.92 Å². The van der Waals surface area contributed by atoms with Gasteiger partial charge in [0, 0.05) is 43.0 Å². The van der Waals surface area contributed by atoms with Gasteiger partial charge in [-0.15, -0.1) is 0 Å². The summed E-state index contributed by atoms with van der Waals surface area (Å²) < 4.78 is 13.5. The molecule has 1 saturated heterocycles.